The molecule has 0 aliphatic carbocycles. The Labute approximate surface area is 212 Å². The van der Waals surface area contributed by atoms with Gasteiger partial charge in [0.05, 0.1) is 0 Å². The van der Waals surface area contributed by atoms with Crippen LogP contribution in [0.1, 0.15) is 29.9 Å². The van der Waals surface area contributed by atoms with Crippen LogP contribution in [-0.2, 0) is 13.5 Å². The number of nitrogens with two attached hydrogens (primary N) is 1. The highest BCUT2D eigenvalue weighted by atomic mass is 19.1. The van der Waals surface area contributed by atoms with Crippen LogP contribution < -0.4 is 20.5 Å². The van der Waals surface area contributed by atoms with Crippen LogP contribution in [0, 0.1) is 5.82 Å². The Bertz CT molecular complexity index is 1630. The van der Waals surface area contributed by atoms with Gasteiger partial charge in [-0.05, 0) is 65.9 Å². The maximum atomic E-state index is 15.3. The molecular formula is C28H25FN6O2. The summed E-state index contributed by atoms with van der Waals surface area (Å²) in [6.07, 6.45) is 2.45. The summed E-state index contributed by atoms with van der Waals surface area (Å²) in [4.78, 5) is 9.01. The molecule has 8 nitrogen and oxygen atoms in total. The quantitative estimate of drug-likeness (QED) is 0.331. The molecule has 0 bridgehead atoms. The molecule has 0 amide bonds. The Balaban J connectivity index is 1.45. The molecule has 6 rings (SSSR count). The molecule has 3 aromatic carbocycles. The predicted octanol–water partition coefficient (Wildman–Crippen LogP) is 5.24. The molecule has 1 aliphatic rings. The van der Waals surface area contributed by atoms with Crippen LogP contribution in [0.2, 0.25) is 0 Å². The van der Waals surface area contributed by atoms with Crippen molar-refractivity contribution in [2.45, 2.75) is 19.4 Å². The number of rotatable bonds is 6. The van der Waals surface area contributed by atoms with Gasteiger partial charge in [0.2, 0.25) is 6.79 Å². The molecule has 0 radical (unpaired) electrons. The zero-order valence-corrected chi connectivity index (χ0v) is 20.4. The highest BCUT2D eigenvalue weighted by molar-refractivity contribution is 5.92. The number of nitrogen functional groups attached to an aromatic ring is 1. The van der Waals surface area contributed by atoms with Crippen molar-refractivity contribution >= 4 is 22.3 Å². The maximum Gasteiger partial charge on any atom is 0.231 e. The van der Waals surface area contributed by atoms with Crippen LogP contribution in [0.4, 0.5) is 15.9 Å². The fraction of sp³-hybridized carbons (Fsp3) is 0.179. The van der Waals surface area contributed by atoms with Crippen molar-refractivity contribution in [3.8, 4) is 22.9 Å². The number of ether oxygens (including phenoxy) is 2. The molecule has 5 aromatic rings. The summed E-state index contributed by atoms with van der Waals surface area (Å²) < 4.78 is 27.9. The lowest BCUT2D eigenvalue weighted by Crippen LogP contribution is -2.19. The van der Waals surface area contributed by atoms with Gasteiger partial charge < -0.3 is 20.5 Å². The summed E-state index contributed by atoms with van der Waals surface area (Å²) in [5, 5.41) is 9.93. The van der Waals surface area contributed by atoms with Crippen LogP contribution in [0.5, 0.6) is 11.5 Å². The second-order valence-corrected chi connectivity index (χ2v) is 8.90. The number of halogens is 1. The van der Waals surface area contributed by atoms with Crippen LogP contribution >= 0.6 is 0 Å². The molecule has 3 heterocycles. The number of pyridine rings is 1. The number of fused-ring (bicyclic) bond motifs is 2. The summed E-state index contributed by atoms with van der Waals surface area (Å²) in [5.74, 6) is 2.54. The molecule has 2 aromatic heterocycles. The van der Waals surface area contributed by atoms with E-state index in [1.165, 1.54) is 6.07 Å². The van der Waals surface area contributed by atoms with E-state index >= 15 is 4.39 Å². The van der Waals surface area contributed by atoms with E-state index in [0.29, 0.717) is 34.5 Å². The minimum absolute atomic E-state index is 0.187. The van der Waals surface area contributed by atoms with E-state index in [1.54, 1.807) is 16.9 Å². The molecule has 0 saturated carbocycles. The first-order valence-electron chi connectivity index (χ1n) is 12.0. The molecule has 0 fully saturated rings. The number of anilines is 2. The van der Waals surface area contributed by atoms with Gasteiger partial charge >= 0.3 is 0 Å². The van der Waals surface area contributed by atoms with Crippen molar-refractivity contribution < 1.29 is 13.9 Å². The van der Waals surface area contributed by atoms with Gasteiger partial charge in [-0.25, -0.2) is 14.4 Å². The number of aromatic nitrogens is 4. The first kappa shape index (κ1) is 22.8. The molecule has 186 valence electrons. The number of hydrogen-bond acceptors (Lipinski definition) is 7. The van der Waals surface area contributed by atoms with E-state index < -0.39 is 6.04 Å². The van der Waals surface area contributed by atoms with Crippen LogP contribution in [-0.4, -0.2) is 26.5 Å². The summed E-state index contributed by atoms with van der Waals surface area (Å²) in [6.45, 7) is 2.23. The molecule has 1 unspecified atom stereocenters. The molecule has 0 spiro atoms. The van der Waals surface area contributed by atoms with Gasteiger partial charge in [0.15, 0.2) is 23.1 Å². The van der Waals surface area contributed by atoms with E-state index in [0.717, 1.165) is 34.0 Å². The zero-order valence-electron chi connectivity index (χ0n) is 20.4. The van der Waals surface area contributed by atoms with Gasteiger partial charge in [0, 0.05) is 35.4 Å². The highest BCUT2D eigenvalue weighted by Crippen LogP contribution is 2.36. The summed E-state index contributed by atoms with van der Waals surface area (Å²) in [7, 11) is 1.81. The monoisotopic (exact) mass is 496 g/mol. The summed E-state index contributed by atoms with van der Waals surface area (Å²) in [5.41, 5.74) is 9.12. The molecule has 1 atom stereocenters. The van der Waals surface area contributed by atoms with E-state index in [1.807, 2.05) is 62.5 Å². The average Bonchev–Trinajstić information content (AvgIpc) is 3.54. The van der Waals surface area contributed by atoms with Gasteiger partial charge in [-0.1, -0.05) is 19.1 Å². The molecule has 1 aliphatic heterocycles. The smallest absolute Gasteiger partial charge is 0.231 e. The largest absolute Gasteiger partial charge is 0.454 e. The third-order valence-electron chi connectivity index (χ3n) is 6.57. The van der Waals surface area contributed by atoms with Gasteiger partial charge in [-0.15, -0.1) is 0 Å². The molecular weight excluding hydrogens is 471 g/mol. The zero-order chi connectivity index (χ0) is 25.5. The molecule has 3 N–H and O–H groups in total. The van der Waals surface area contributed by atoms with Crippen molar-refractivity contribution in [2.24, 2.45) is 7.05 Å². The first-order valence-corrected chi connectivity index (χ1v) is 12.0. The van der Waals surface area contributed by atoms with Crippen molar-refractivity contribution in [3.63, 3.8) is 0 Å². The first-order chi connectivity index (χ1) is 18.0. The average molecular weight is 497 g/mol. The Morgan fingerprint density at radius 2 is 1.92 bits per heavy atom. The van der Waals surface area contributed by atoms with E-state index in [9.17, 15) is 0 Å². The normalized spacial score (nSPS) is 13.2. The number of aryl methyl sites for hydroxylation is 2. The lowest BCUT2D eigenvalue weighted by molar-refractivity contribution is 0.174. The number of hydrogen-bond donors (Lipinski definition) is 2. The van der Waals surface area contributed by atoms with Gasteiger partial charge in [0.1, 0.15) is 17.7 Å². The van der Waals surface area contributed by atoms with Crippen molar-refractivity contribution in [3.05, 3.63) is 89.6 Å². The van der Waals surface area contributed by atoms with Gasteiger partial charge in [0.25, 0.3) is 0 Å². The molecule has 37 heavy (non-hydrogen) atoms. The van der Waals surface area contributed by atoms with Crippen molar-refractivity contribution in [1.82, 2.24) is 19.7 Å². The van der Waals surface area contributed by atoms with Gasteiger partial charge in [-0.2, -0.15) is 5.10 Å². The summed E-state index contributed by atoms with van der Waals surface area (Å²) in [6, 6.07) is 17.8. The topological polar surface area (TPSA) is 100 Å². The lowest BCUT2D eigenvalue weighted by atomic mass is 10.0. The third kappa shape index (κ3) is 4.18. The Hall–Kier alpha value is -4.66. The van der Waals surface area contributed by atoms with Crippen molar-refractivity contribution in [2.75, 3.05) is 17.8 Å². The number of nitrogens with one attached hydrogen (secondary N) is 1. The second kappa shape index (κ2) is 9.09. The van der Waals surface area contributed by atoms with Crippen LogP contribution in [0.3, 0.4) is 0 Å². The minimum atomic E-state index is -0.608. The van der Waals surface area contributed by atoms with Gasteiger partial charge in [-0.3, -0.25) is 4.68 Å². The lowest BCUT2D eigenvalue weighted by Gasteiger charge is -2.21. The SMILES string of the molecule is CCc1ccc(F)c(C(Nc2ccc3c(N)nccc3c2)c2nc(-c3ccc4c(c3)OCO4)nn2C)c1. The molecule has 9 heteroatoms. The fourth-order valence-corrected chi connectivity index (χ4v) is 4.58. The van der Waals surface area contributed by atoms with E-state index in [2.05, 4.69) is 15.4 Å². The number of nitrogens with zero attached hydrogens (tertiary/aromatic N) is 4. The van der Waals surface area contributed by atoms with E-state index in [-0.39, 0.29) is 12.6 Å². The molecule has 0 saturated heterocycles. The fourth-order valence-electron chi connectivity index (χ4n) is 4.58. The van der Waals surface area contributed by atoms with E-state index in [4.69, 9.17) is 20.2 Å². The van der Waals surface area contributed by atoms with Crippen molar-refractivity contribution in [1.29, 1.82) is 0 Å². The maximum absolute atomic E-state index is 15.3. The summed E-state index contributed by atoms with van der Waals surface area (Å²) >= 11 is 0. The van der Waals surface area contributed by atoms with Crippen LogP contribution in [0.15, 0.2) is 66.9 Å². The Kier molecular flexibility index (Phi) is 5.60. The Morgan fingerprint density at radius 3 is 2.78 bits per heavy atom. The minimum Gasteiger partial charge on any atom is -0.454 e. The highest BCUT2D eigenvalue weighted by Gasteiger charge is 2.25. The predicted molar refractivity (Wildman–Crippen MR) is 140 cm³/mol. The van der Waals surface area contributed by atoms with Crippen LogP contribution in [0.25, 0.3) is 22.2 Å². The Morgan fingerprint density at radius 1 is 1.05 bits per heavy atom. The number of benzene rings is 3. The second-order valence-electron chi connectivity index (χ2n) is 8.90. The third-order valence-corrected chi connectivity index (χ3v) is 6.57. The standard InChI is InChI=1S/C28H25FN6O2/c1-3-16-4-8-22(29)21(12-16)25(32-19-6-7-20-17(13-19)10-11-31-26(20)30)28-33-27(34-35(28)2)18-5-9-23-24(14-18)37-15-36-23/h4-14,25,32H,3,15H2,1-2H3,(H2,30,31).